The molecule has 3 rings (SSSR count). The van der Waals surface area contributed by atoms with Crippen LogP contribution in [0.4, 0.5) is 0 Å². The van der Waals surface area contributed by atoms with Crippen LogP contribution >= 0.6 is 0 Å². The van der Waals surface area contributed by atoms with E-state index in [4.69, 9.17) is 9.47 Å². The number of Topliss-reactive ketones (excluding diaryl/α,β-unsaturated/α-hetero) is 2. The zero-order valence-electron chi connectivity index (χ0n) is 15.3. The van der Waals surface area contributed by atoms with Gasteiger partial charge in [0.2, 0.25) is 5.78 Å². The molecule has 7 nitrogen and oxygen atoms in total. The highest BCUT2D eigenvalue weighted by Crippen LogP contribution is 2.42. The number of nitrogens with zero attached hydrogens (tertiary/aromatic N) is 2. The van der Waals surface area contributed by atoms with Gasteiger partial charge in [0.25, 0.3) is 5.91 Å². The fourth-order valence-electron chi connectivity index (χ4n) is 3.41. The molecular weight excluding hydrogens is 348 g/mol. The fraction of sp³-hybridized carbons (Fsp3) is 0.300. The third kappa shape index (κ3) is 3.40. The molecule has 0 saturated carbocycles. The predicted octanol–water partition coefficient (Wildman–Crippen LogP) is 1.96. The Morgan fingerprint density at radius 3 is 2.56 bits per heavy atom. The molecular formula is C20H20N2O5. The Kier molecular flexibility index (Phi) is 5.21. The number of methoxy groups -OCH3 is 2. The van der Waals surface area contributed by atoms with E-state index in [2.05, 4.69) is 4.98 Å². The highest BCUT2D eigenvalue weighted by atomic mass is 16.5. The zero-order valence-corrected chi connectivity index (χ0v) is 15.3. The van der Waals surface area contributed by atoms with Crippen LogP contribution in [-0.4, -0.2) is 41.6 Å². The molecule has 2 aromatic rings. The highest BCUT2D eigenvalue weighted by Gasteiger charge is 2.51. The molecule has 0 bridgehead atoms. The summed E-state index contributed by atoms with van der Waals surface area (Å²) in [7, 11) is 3.02. The van der Waals surface area contributed by atoms with Gasteiger partial charge in [0.1, 0.15) is 23.2 Å². The Hall–Kier alpha value is -3.22. The number of aromatic nitrogens is 1. The number of hydrogen-bond acceptors (Lipinski definition) is 6. The first-order valence-electron chi connectivity index (χ1n) is 8.44. The summed E-state index contributed by atoms with van der Waals surface area (Å²) >= 11 is 0. The smallest absolute Gasteiger partial charge is 0.291 e. The summed E-state index contributed by atoms with van der Waals surface area (Å²) in [5.41, 5.74) is 1.31. The summed E-state index contributed by atoms with van der Waals surface area (Å²) in [6.07, 6.45) is 3.25. The Bertz CT molecular complexity index is 881. The molecule has 1 aromatic carbocycles. The van der Waals surface area contributed by atoms with Crippen LogP contribution in [0.1, 0.15) is 24.1 Å². The minimum absolute atomic E-state index is 0.160. The van der Waals surface area contributed by atoms with Crippen molar-refractivity contribution in [2.45, 2.75) is 19.5 Å². The standard InChI is InChI=1S/C20H20N2O5/c1-12(23)17-18(15-9-14(26-2)6-7-16(15)27-3)22(20(25)19(17)24)11-13-5-4-8-21-10-13/h4-10,17-18H,11H2,1-3H3. The molecule has 0 spiro atoms. The van der Waals surface area contributed by atoms with Crippen molar-refractivity contribution in [3.8, 4) is 11.5 Å². The monoisotopic (exact) mass is 368 g/mol. The van der Waals surface area contributed by atoms with Crippen molar-refractivity contribution in [2.75, 3.05) is 14.2 Å². The Morgan fingerprint density at radius 1 is 1.19 bits per heavy atom. The van der Waals surface area contributed by atoms with Gasteiger partial charge >= 0.3 is 0 Å². The summed E-state index contributed by atoms with van der Waals surface area (Å²) in [5, 5.41) is 0. The first-order valence-corrected chi connectivity index (χ1v) is 8.44. The van der Waals surface area contributed by atoms with Crippen LogP contribution in [0.3, 0.4) is 0 Å². The first kappa shape index (κ1) is 18.6. The zero-order chi connectivity index (χ0) is 19.6. The van der Waals surface area contributed by atoms with E-state index >= 15 is 0 Å². The van der Waals surface area contributed by atoms with Crippen LogP contribution < -0.4 is 9.47 Å². The Morgan fingerprint density at radius 2 is 1.96 bits per heavy atom. The molecule has 27 heavy (non-hydrogen) atoms. The maximum atomic E-state index is 12.7. The maximum Gasteiger partial charge on any atom is 0.291 e. The molecule has 1 aliphatic heterocycles. The topological polar surface area (TPSA) is 85.8 Å². The van der Waals surface area contributed by atoms with Gasteiger partial charge < -0.3 is 14.4 Å². The van der Waals surface area contributed by atoms with Crippen molar-refractivity contribution in [1.29, 1.82) is 0 Å². The Balaban J connectivity index is 2.13. The second-order valence-corrected chi connectivity index (χ2v) is 6.30. The summed E-state index contributed by atoms with van der Waals surface area (Å²) in [5.74, 6) is -1.82. The van der Waals surface area contributed by atoms with Gasteiger partial charge in [-0.25, -0.2) is 0 Å². The van der Waals surface area contributed by atoms with Gasteiger partial charge in [-0.1, -0.05) is 6.07 Å². The molecule has 1 aliphatic rings. The minimum Gasteiger partial charge on any atom is -0.497 e. The normalized spacial score (nSPS) is 19.3. The van der Waals surface area contributed by atoms with Gasteiger partial charge in [-0.2, -0.15) is 0 Å². The number of carbonyl (C=O) groups excluding carboxylic acids is 3. The van der Waals surface area contributed by atoms with Crippen molar-refractivity contribution >= 4 is 17.5 Å². The molecule has 7 heteroatoms. The van der Waals surface area contributed by atoms with Gasteiger partial charge in [-0.15, -0.1) is 0 Å². The molecule has 1 amide bonds. The second kappa shape index (κ2) is 7.57. The third-order valence-electron chi connectivity index (χ3n) is 4.67. The van der Waals surface area contributed by atoms with Crippen LogP contribution in [0.5, 0.6) is 11.5 Å². The van der Waals surface area contributed by atoms with E-state index in [0.717, 1.165) is 5.56 Å². The van der Waals surface area contributed by atoms with Gasteiger partial charge in [0.15, 0.2) is 0 Å². The van der Waals surface area contributed by atoms with Crippen LogP contribution in [0.25, 0.3) is 0 Å². The molecule has 140 valence electrons. The van der Waals surface area contributed by atoms with Crippen molar-refractivity contribution in [3.05, 3.63) is 53.9 Å². The van der Waals surface area contributed by atoms with Gasteiger partial charge in [0, 0.05) is 24.5 Å². The number of pyridine rings is 1. The molecule has 2 unspecified atom stereocenters. The molecule has 2 heterocycles. The fourth-order valence-corrected chi connectivity index (χ4v) is 3.41. The number of ether oxygens (including phenoxy) is 2. The van der Waals surface area contributed by atoms with Crippen molar-refractivity contribution < 1.29 is 23.9 Å². The van der Waals surface area contributed by atoms with E-state index in [0.29, 0.717) is 17.1 Å². The van der Waals surface area contributed by atoms with Crippen molar-refractivity contribution in [2.24, 2.45) is 5.92 Å². The number of hydrogen-bond donors (Lipinski definition) is 0. The van der Waals surface area contributed by atoms with E-state index in [-0.39, 0.29) is 12.3 Å². The highest BCUT2D eigenvalue weighted by molar-refractivity contribution is 6.42. The maximum absolute atomic E-state index is 12.7. The first-order chi connectivity index (χ1) is 13.0. The van der Waals surface area contributed by atoms with Crippen molar-refractivity contribution in [1.82, 2.24) is 9.88 Å². The average molecular weight is 368 g/mol. The number of amides is 1. The van der Waals surface area contributed by atoms with Crippen LogP contribution in [-0.2, 0) is 20.9 Å². The molecule has 1 fully saturated rings. The van der Waals surface area contributed by atoms with E-state index < -0.39 is 23.7 Å². The molecule has 1 saturated heterocycles. The molecule has 0 N–H and O–H groups in total. The van der Waals surface area contributed by atoms with E-state index in [9.17, 15) is 14.4 Å². The average Bonchev–Trinajstić information content (AvgIpc) is 2.93. The number of carbonyl (C=O) groups is 3. The van der Waals surface area contributed by atoms with Gasteiger partial charge in [0.05, 0.1) is 20.3 Å². The third-order valence-corrected chi connectivity index (χ3v) is 4.67. The number of likely N-dealkylation sites (tertiary alicyclic amines) is 1. The van der Waals surface area contributed by atoms with Crippen LogP contribution in [0, 0.1) is 5.92 Å². The lowest BCUT2D eigenvalue weighted by molar-refractivity contribution is -0.142. The molecule has 1 aromatic heterocycles. The number of benzene rings is 1. The lowest BCUT2D eigenvalue weighted by Crippen LogP contribution is -2.30. The van der Waals surface area contributed by atoms with Gasteiger partial charge in [-0.05, 0) is 36.8 Å². The number of ketones is 2. The lowest BCUT2D eigenvalue weighted by atomic mass is 9.89. The molecule has 0 radical (unpaired) electrons. The van der Waals surface area contributed by atoms with E-state index in [1.54, 1.807) is 36.7 Å². The molecule has 2 atom stereocenters. The van der Waals surface area contributed by atoms with Gasteiger partial charge in [-0.3, -0.25) is 19.4 Å². The van der Waals surface area contributed by atoms with Crippen LogP contribution in [0.2, 0.25) is 0 Å². The summed E-state index contributed by atoms with van der Waals surface area (Å²) in [6, 6.07) is 7.90. The molecule has 0 aliphatic carbocycles. The summed E-state index contributed by atoms with van der Waals surface area (Å²) in [4.78, 5) is 43.0. The van der Waals surface area contributed by atoms with Crippen molar-refractivity contribution in [3.63, 3.8) is 0 Å². The van der Waals surface area contributed by atoms with E-state index in [1.807, 2.05) is 6.07 Å². The SMILES string of the molecule is COc1ccc(OC)c(C2C(C(C)=O)C(=O)C(=O)N2Cc2cccnc2)c1. The quantitative estimate of drug-likeness (QED) is 0.572. The predicted molar refractivity (Wildman–Crippen MR) is 96.3 cm³/mol. The summed E-state index contributed by atoms with van der Waals surface area (Å²) < 4.78 is 10.7. The summed E-state index contributed by atoms with van der Waals surface area (Å²) in [6.45, 7) is 1.48. The van der Waals surface area contributed by atoms with Crippen LogP contribution in [0.15, 0.2) is 42.7 Å². The Labute approximate surface area is 156 Å². The van der Waals surface area contributed by atoms with E-state index in [1.165, 1.54) is 26.0 Å². The second-order valence-electron chi connectivity index (χ2n) is 6.30. The minimum atomic E-state index is -1.09. The largest absolute Gasteiger partial charge is 0.497 e. The lowest BCUT2D eigenvalue weighted by Gasteiger charge is -2.28. The number of rotatable bonds is 6.